The van der Waals surface area contributed by atoms with Crippen LogP contribution in [0, 0.1) is 6.92 Å². The minimum absolute atomic E-state index is 0.0156. The molecule has 1 aliphatic heterocycles. The highest BCUT2D eigenvalue weighted by atomic mass is 16.5. The summed E-state index contributed by atoms with van der Waals surface area (Å²) in [5, 5.41) is 21.1. The van der Waals surface area contributed by atoms with Crippen molar-refractivity contribution in [2.24, 2.45) is 0 Å². The summed E-state index contributed by atoms with van der Waals surface area (Å²) < 4.78 is 7.81. The zero-order valence-electron chi connectivity index (χ0n) is 21.5. The first kappa shape index (κ1) is 25.8. The van der Waals surface area contributed by atoms with Gasteiger partial charge in [-0.15, -0.1) is 0 Å². The van der Waals surface area contributed by atoms with Crippen LogP contribution in [0.4, 0.5) is 0 Å². The number of phenols is 1. The van der Waals surface area contributed by atoms with Gasteiger partial charge < -0.3 is 24.4 Å². The third-order valence-corrected chi connectivity index (χ3v) is 6.91. The third kappa shape index (κ3) is 5.55. The summed E-state index contributed by atoms with van der Waals surface area (Å²) in [5.74, 6) is -0.984. The van der Waals surface area contributed by atoms with Gasteiger partial charge in [-0.25, -0.2) is 4.98 Å². The minimum atomic E-state index is -0.787. The number of carbonyl (C=O) groups is 2. The Hall–Kier alpha value is -4.85. The number of imidazole rings is 1. The lowest BCUT2D eigenvalue weighted by molar-refractivity contribution is -0.139. The molecule has 5 rings (SSSR count). The molecule has 0 bridgehead atoms. The molecule has 0 spiro atoms. The van der Waals surface area contributed by atoms with Gasteiger partial charge in [0.15, 0.2) is 0 Å². The van der Waals surface area contributed by atoms with Crippen molar-refractivity contribution in [3.63, 3.8) is 0 Å². The van der Waals surface area contributed by atoms with Gasteiger partial charge in [0.25, 0.3) is 11.7 Å². The topological polar surface area (TPSA) is 105 Å². The maximum atomic E-state index is 13.2. The van der Waals surface area contributed by atoms with Crippen molar-refractivity contribution >= 4 is 17.4 Å². The Morgan fingerprint density at radius 2 is 1.72 bits per heavy atom. The zero-order valence-corrected chi connectivity index (χ0v) is 21.5. The van der Waals surface area contributed by atoms with E-state index in [1.807, 2.05) is 42.0 Å². The van der Waals surface area contributed by atoms with Crippen LogP contribution < -0.4 is 4.74 Å². The quantitative estimate of drug-likeness (QED) is 0.182. The van der Waals surface area contributed by atoms with E-state index >= 15 is 0 Å². The van der Waals surface area contributed by atoms with Crippen molar-refractivity contribution in [1.82, 2.24) is 14.5 Å². The maximum absolute atomic E-state index is 13.2. The molecule has 0 aliphatic carbocycles. The van der Waals surface area contributed by atoms with Crippen LogP contribution in [0.25, 0.3) is 5.76 Å². The number of hydrogen-bond acceptors (Lipinski definition) is 6. The first-order valence-electron chi connectivity index (χ1n) is 12.7. The summed E-state index contributed by atoms with van der Waals surface area (Å²) in [6.45, 7) is 3.35. The van der Waals surface area contributed by atoms with Crippen molar-refractivity contribution in [3.05, 3.63) is 119 Å². The van der Waals surface area contributed by atoms with E-state index < -0.39 is 17.7 Å². The van der Waals surface area contributed by atoms with Crippen molar-refractivity contribution in [3.8, 4) is 11.5 Å². The summed E-state index contributed by atoms with van der Waals surface area (Å²) in [6, 6.07) is 20.3. The molecule has 2 heterocycles. The largest absolute Gasteiger partial charge is 0.508 e. The lowest BCUT2D eigenvalue weighted by atomic mass is 9.95. The van der Waals surface area contributed by atoms with Gasteiger partial charge in [0.2, 0.25) is 0 Å². The van der Waals surface area contributed by atoms with Crippen molar-refractivity contribution in [1.29, 1.82) is 0 Å². The predicted octanol–water partition coefficient (Wildman–Crippen LogP) is 4.99. The molecule has 1 amide bonds. The van der Waals surface area contributed by atoms with Crippen LogP contribution in [0.15, 0.2) is 97.1 Å². The van der Waals surface area contributed by atoms with Crippen LogP contribution in [-0.2, 0) is 22.7 Å². The standard InChI is InChI=1S/C31H29N3O5/c1-21-5-2-3-6-24(21)19-39-26-13-9-23(10-14-26)29(36)27-28(22-7-11-25(35)12-8-22)34(31(38)30(27)37)17-4-16-33-18-15-32-20-33/h2-3,5-15,18,20,28,35-36H,4,16-17,19H2,1H3/b29-27+/t28-/m1/s1. The van der Waals surface area contributed by atoms with E-state index in [1.165, 1.54) is 17.0 Å². The summed E-state index contributed by atoms with van der Waals surface area (Å²) in [4.78, 5) is 31.9. The van der Waals surface area contributed by atoms with Crippen LogP contribution in [-0.4, -0.2) is 42.9 Å². The summed E-state index contributed by atoms with van der Waals surface area (Å²) in [5.41, 5.74) is 3.25. The Morgan fingerprint density at radius 1 is 0.974 bits per heavy atom. The molecule has 1 atom stereocenters. The molecular formula is C31H29N3O5. The molecule has 1 fully saturated rings. The number of Topliss-reactive ketones (excluding diaryl/α,β-unsaturated/α-hetero) is 1. The molecule has 39 heavy (non-hydrogen) atoms. The van der Waals surface area contributed by atoms with Gasteiger partial charge in [-0.2, -0.15) is 0 Å². The number of likely N-dealkylation sites (tertiary alicyclic amines) is 1. The minimum Gasteiger partial charge on any atom is -0.508 e. The number of carbonyl (C=O) groups excluding carboxylic acids is 2. The molecule has 3 aromatic carbocycles. The second kappa shape index (κ2) is 11.3. The highest BCUT2D eigenvalue weighted by molar-refractivity contribution is 6.46. The Morgan fingerprint density at radius 3 is 2.41 bits per heavy atom. The van der Waals surface area contributed by atoms with Crippen LogP contribution in [0.3, 0.4) is 0 Å². The fourth-order valence-corrected chi connectivity index (χ4v) is 4.75. The molecule has 8 heteroatoms. The highest BCUT2D eigenvalue weighted by Crippen LogP contribution is 2.40. The SMILES string of the molecule is Cc1ccccc1COc1ccc(/C(O)=C2\C(=O)C(=O)N(CCCn3ccnc3)[C@@H]2c2ccc(O)cc2)cc1. The number of ether oxygens (including phenoxy) is 1. The number of hydrogen-bond donors (Lipinski definition) is 2. The monoisotopic (exact) mass is 523 g/mol. The Balaban J connectivity index is 1.41. The lowest BCUT2D eigenvalue weighted by Gasteiger charge is -2.25. The lowest BCUT2D eigenvalue weighted by Crippen LogP contribution is -2.31. The number of aliphatic hydroxyl groups excluding tert-OH is 1. The van der Waals surface area contributed by atoms with Crippen molar-refractivity contribution in [2.75, 3.05) is 6.54 Å². The van der Waals surface area contributed by atoms with Crippen LogP contribution in [0.2, 0.25) is 0 Å². The van der Waals surface area contributed by atoms with E-state index in [2.05, 4.69) is 4.98 Å². The van der Waals surface area contributed by atoms with Crippen molar-refractivity contribution < 1.29 is 24.5 Å². The number of aliphatic hydroxyl groups is 1. The maximum Gasteiger partial charge on any atom is 0.295 e. The number of rotatable bonds is 9. The van der Waals surface area contributed by atoms with Gasteiger partial charge in [-0.3, -0.25) is 9.59 Å². The molecular weight excluding hydrogens is 494 g/mol. The van der Waals surface area contributed by atoms with Gasteiger partial charge >= 0.3 is 0 Å². The van der Waals surface area contributed by atoms with Gasteiger partial charge in [-0.05, 0) is 66.4 Å². The number of amides is 1. The van der Waals surface area contributed by atoms with E-state index in [4.69, 9.17) is 4.74 Å². The predicted molar refractivity (Wildman–Crippen MR) is 146 cm³/mol. The summed E-state index contributed by atoms with van der Waals surface area (Å²) in [6.07, 6.45) is 5.80. The molecule has 1 aliphatic rings. The number of nitrogens with zero attached hydrogens (tertiary/aromatic N) is 3. The molecule has 0 unspecified atom stereocenters. The summed E-state index contributed by atoms with van der Waals surface area (Å²) in [7, 11) is 0. The Kier molecular flexibility index (Phi) is 7.45. The average Bonchev–Trinajstić information content (AvgIpc) is 3.55. The fraction of sp³-hybridized carbons (Fsp3) is 0.194. The van der Waals surface area contributed by atoms with Gasteiger partial charge in [0.1, 0.15) is 23.9 Å². The van der Waals surface area contributed by atoms with Crippen molar-refractivity contribution in [2.45, 2.75) is 32.5 Å². The van der Waals surface area contributed by atoms with E-state index in [-0.39, 0.29) is 17.1 Å². The second-order valence-corrected chi connectivity index (χ2v) is 9.48. The normalized spacial score (nSPS) is 16.5. The number of aromatic hydroxyl groups is 1. The Bertz CT molecular complexity index is 1490. The summed E-state index contributed by atoms with van der Waals surface area (Å²) >= 11 is 0. The van der Waals surface area contributed by atoms with E-state index in [0.29, 0.717) is 43.0 Å². The molecule has 198 valence electrons. The highest BCUT2D eigenvalue weighted by Gasteiger charge is 2.45. The third-order valence-electron chi connectivity index (χ3n) is 6.91. The number of benzene rings is 3. The van der Waals surface area contributed by atoms with E-state index in [1.54, 1.807) is 48.9 Å². The van der Waals surface area contributed by atoms with Crippen LogP contribution >= 0.6 is 0 Å². The molecule has 0 saturated carbocycles. The average molecular weight is 524 g/mol. The molecule has 4 aromatic rings. The molecule has 2 N–H and O–H groups in total. The number of phenolic OH excluding ortho intramolecular Hbond substituents is 1. The molecule has 1 saturated heterocycles. The zero-order chi connectivity index (χ0) is 27.4. The Labute approximate surface area is 226 Å². The van der Waals surface area contributed by atoms with Gasteiger partial charge in [-0.1, -0.05) is 36.4 Å². The van der Waals surface area contributed by atoms with Gasteiger partial charge in [0.05, 0.1) is 17.9 Å². The fourth-order valence-electron chi connectivity index (χ4n) is 4.75. The van der Waals surface area contributed by atoms with Crippen LogP contribution in [0.1, 0.15) is 34.7 Å². The first-order chi connectivity index (χ1) is 18.9. The van der Waals surface area contributed by atoms with Crippen LogP contribution in [0.5, 0.6) is 11.5 Å². The molecule has 0 radical (unpaired) electrons. The van der Waals surface area contributed by atoms with E-state index in [9.17, 15) is 19.8 Å². The molecule has 1 aromatic heterocycles. The molecule has 8 nitrogen and oxygen atoms in total. The smallest absolute Gasteiger partial charge is 0.295 e. The number of aromatic nitrogens is 2. The van der Waals surface area contributed by atoms with E-state index in [0.717, 1.165) is 11.1 Å². The number of aryl methyl sites for hydroxylation is 2. The first-order valence-corrected chi connectivity index (χ1v) is 12.7. The number of ketones is 1. The van der Waals surface area contributed by atoms with Gasteiger partial charge in [0, 0.05) is 31.0 Å². The second-order valence-electron chi connectivity index (χ2n) is 9.48.